The number of benzene rings is 2. The van der Waals surface area contributed by atoms with Crippen molar-refractivity contribution in [3.05, 3.63) is 51.9 Å². The van der Waals surface area contributed by atoms with Gasteiger partial charge in [-0.25, -0.2) is 0 Å². The van der Waals surface area contributed by atoms with E-state index in [1.807, 2.05) is 0 Å². The fourth-order valence-corrected chi connectivity index (χ4v) is 3.43. The second kappa shape index (κ2) is 9.76. The molecule has 158 valence electrons. The molecule has 1 heterocycles. The van der Waals surface area contributed by atoms with Crippen LogP contribution in [0.5, 0.6) is 23.0 Å². The molecule has 0 saturated carbocycles. The highest BCUT2D eigenvalue weighted by molar-refractivity contribution is 6.04. The number of nitrogens with one attached hydrogen (secondary N) is 1. The van der Waals surface area contributed by atoms with Crippen molar-refractivity contribution in [1.82, 2.24) is 0 Å². The van der Waals surface area contributed by atoms with Gasteiger partial charge in [0.2, 0.25) is 0 Å². The summed E-state index contributed by atoms with van der Waals surface area (Å²) in [5.74, 6) is -0.560. The highest BCUT2D eigenvalue weighted by atomic mass is 16.5. The molecule has 0 aromatic heterocycles. The molecule has 0 bridgehead atoms. The van der Waals surface area contributed by atoms with E-state index in [0.717, 1.165) is 25.7 Å². The molecule has 2 aromatic carbocycles. The average Bonchev–Trinajstić information content (AvgIpc) is 2.72. The van der Waals surface area contributed by atoms with Crippen LogP contribution in [0.3, 0.4) is 0 Å². The molecular formula is C21H24N4O5. The maximum Gasteiger partial charge on any atom is 0.174 e. The minimum atomic E-state index is -0.562. The molecule has 9 nitrogen and oxygen atoms in total. The summed E-state index contributed by atoms with van der Waals surface area (Å²) >= 11 is 0. The van der Waals surface area contributed by atoms with E-state index in [-0.39, 0.29) is 46.5 Å². The third-order valence-corrected chi connectivity index (χ3v) is 4.98. The van der Waals surface area contributed by atoms with Gasteiger partial charge in [-0.3, -0.25) is 4.79 Å². The number of anilines is 1. The number of phenols is 3. The van der Waals surface area contributed by atoms with Crippen molar-refractivity contribution in [2.45, 2.75) is 38.2 Å². The van der Waals surface area contributed by atoms with Crippen LogP contribution in [-0.2, 0) is 0 Å². The zero-order chi connectivity index (χ0) is 21.5. The van der Waals surface area contributed by atoms with Crippen molar-refractivity contribution < 1.29 is 24.9 Å². The van der Waals surface area contributed by atoms with E-state index >= 15 is 0 Å². The van der Waals surface area contributed by atoms with Crippen LogP contribution in [-0.4, -0.2) is 34.2 Å². The van der Waals surface area contributed by atoms with Crippen LogP contribution in [0, 0.1) is 0 Å². The van der Waals surface area contributed by atoms with Gasteiger partial charge in [0.05, 0.1) is 6.42 Å². The maximum absolute atomic E-state index is 12.7. The predicted octanol–water partition coefficient (Wildman–Crippen LogP) is 4.79. The van der Waals surface area contributed by atoms with Crippen LogP contribution < -0.4 is 10.1 Å². The highest BCUT2D eigenvalue weighted by Crippen LogP contribution is 2.47. The number of nitrogens with zero attached hydrogens (tertiary/aromatic N) is 3. The van der Waals surface area contributed by atoms with Crippen LogP contribution >= 0.6 is 0 Å². The number of Topliss-reactive ketones (excluding diaryl/α,β-unsaturated/α-hetero) is 1. The Morgan fingerprint density at radius 3 is 2.60 bits per heavy atom. The first-order valence-corrected chi connectivity index (χ1v) is 9.83. The van der Waals surface area contributed by atoms with Gasteiger partial charge < -0.3 is 25.4 Å². The summed E-state index contributed by atoms with van der Waals surface area (Å²) in [5, 5.41) is 36.8. The van der Waals surface area contributed by atoms with Gasteiger partial charge in [0.1, 0.15) is 34.6 Å². The number of hydrogen-bond acceptors (Lipinski definition) is 7. The molecule has 0 radical (unpaired) electrons. The fraction of sp³-hybridized carbons (Fsp3) is 0.381. The minimum Gasteiger partial charge on any atom is -0.508 e. The van der Waals surface area contributed by atoms with Crippen LogP contribution in [0.15, 0.2) is 35.4 Å². The SMILES string of the molecule is [N-]=[N+]=NCCCCCCNc1c(O)cc2c(c1O)C(=O)CC(c1ccc(O)cc1)O2. The normalized spacial score (nSPS) is 15.1. The molecule has 0 fully saturated rings. The molecular weight excluding hydrogens is 388 g/mol. The average molecular weight is 412 g/mol. The fourth-order valence-electron chi connectivity index (χ4n) is 3.43. The molecule has 1 atom stereocenters. The zero-order valence-corrected chi connectivity index (χ0v) is 16.4. The van der Waals surface area contributed by atoms with Gasteiger partial charge in [-0.2, -0.15) is 0 Å². The van der Waals surface area contributed by atoms with Crippen molar-refractivity contribution in [3.63, 3.8) is 0 Å². The summed E-state index contributed by atoms with van der Waals surface area (Å²) in [5.41, 5.74) is 9.11. The number of ether oxygens (including phenoxy) is 1. The summed E-state index contributed by atoms with van der Waals surface area (Å²) < 4.78 is 5.85. The summed E-state index contributed by atoms with van der Waals surface area (Å²) in [6, 6.07) is 7.69. The van der Waals surface area contributed by atoms with Crippen molar-refractivity contribution >= 4 is 11.5 Å². The van der Waals surface area contributed by atoms with Crippen LogP contribution in [0.2, 0.25) is 0 Å². The van der Waals surface area contributed by atoms with Crippen molar-refractivity contribution in [3.8, 4) is 23.0 Å². The predicted molar refractivity (Wildman–Crippen MR) is 111 cm³/mol. The van der Waals surface area contributed by atoms with E-state index in [2.05, 4.69) is 15.3 Å². The Morgan fingerprint density at radius 1 is 1.13 bits per heavy atom. The lowest BCUT2D eigenvalue weighted by Gasteiger charge is -2.27. The summed E-state index contributed by atoms with van der Waals surface area (Å²) in [7, 11) is 0. The highest BCUT2D eigenvalue weighted by Gasteiger charge is 2.32. The Kier molecular flexibility index (Phi) is 6.87. The summed E-state index contributed by atoms with van der Waals surface area (Å²) in [6.07, 6.45) is 2.90. The Labute approximate surface area is 173 Å². The lowest BCUT2D eigenvalue weighted by molar-refractivity contribution is 0.0845. The molecule has 0 spiro atoms. The molecule has 1 aliphatic heterocycles. The molecule has 1 aliphatic rings. The number of phenolic OH excluding ortho intramolecular Hbond substituents is 3. The molecule has 2 aromatic rings. The van der Waals surface area contributed by atoms with E-state index in [1.54, 1.807) is 12.1 Å². The molecule has 3 rings (SSSR count). The molecule has 0 saturated heterocycles. The van der Waals surface area contributed by atoms with Gasteiger partial charge in [0, 0.05) is 24.1 Å². The van der Waals surface area contributed by atoms with Crippen LogP contribution in [0.4, 0.5) is 5.69 Å². The van der Waals surface area contributed by atoms with Crippen molar-refractivity contribution in [1.29, 1.82) is 0 Å². The first kappa shape index (κ1) is 21.1. The number of carbonyl (C=O) groups excluding carboxylic acids is 1. The summed E-state index contributed by atoms with van der Waals surface area (Å²) in [6.45, 7) is 0.982. The largest absolute Gasteiger partial charge is 0.508 e. The van der Waals surface area contributed by atoms with E-state index in [1.165, 1.54) is 18.2 Å². The second-order valence-electron chi connectivity index (χ2n) is 7.11. The number of unbranched alkanes of at least 4 members (excludes halogenated alkanes) is 3. The third kappa shape index (κ3) is 4.87. The molecule has 1 unspecified atom stereocenters. The first-order chi connectivity index (χ1) is 14.5. The Bertz CT molecular complexity index is 955. The number of rotatable bonds is 9. The molecule has 0 amide bonds. The van der Waals surface area contributed by atoms with Gasteiger partial charge in [0.25, 0.3) is 0 Å². The Balaban J connectivity index is 1.65. The van der Waals surface area contributed by atoms with E-state index in [9.17, 15) is 20.1 Å². The van der Waals surface area contributed by atoms with E-state index < -0.39 is 6.10 Å². The van der Waals surface area contributed by atoms with Gasteiger partial charge in [-0.15, -0.1) is 0 Å². The quantitative estimate of drug-likeness (QED) is 0.153. The number of aromatic hydroxyl groups is 3. The van der Waals surface area contributed by atoms with E-state index in [4.69, 9.17) is 10.3 Å². The molecule has 0 aliphatic carbocycles. The monoisotopic (exact) mass is 412 g/mol. The van der Waals surface area contributed by atoms with E-state index in [0.29, 0.717) is 18.7 Å². The topological polar surface area (TPSA) is 148 Å². The van der Waals surface area contributed by atoms with Gasteiger partial charge in [-0.05, 0) is 36.1 Å². The first-order valence-electron chi connectivity index (χ1n) is 9.83. The molecule has 9 heteroatoms. The van der Waals surface area contributed by atoms with Gasteiger partial charge in [0.15, 0.2) is 11.5 Å². The molecule has 30 heavy (non-hydrogen) atoms. The second-order valence-corrected chi connectivity index (χ2v) is 7.11. The lowest BCUT2D eigenvalue weighted by Crippen LogP contribution is -2.21. The Morgan fingerprint density at radius 2 is 1.87 bits per heavy atom. The van der Waals surface area contributed by atoms with Gasteiger partial charge >= 0.3 is 0 Å². The van der Waals surface area contributed by atoms with Crippen LogP contribution in [0.25, 0.3) is 10.4 Å². The summed E-state index contributed by atoms with van der Waals surface area (Å²) in [4.78, 5) is 15.4. The smallest absolute Gasteiger partial charge is 0.174 e. The van der Waals surface area contributed by atoms with Crippen molar-refractivity contribution in [2.75, 3.05) is 18.4 Å². The molecule has 4 N–H and O–H groups in total. The number of carbonyl (C=O) groups is 1. The van der Waals surface area contributed by atoms with Crippen LogP contribution in [0.1, 0.15) is 54.1 Å². The number of ketones is 1. The number of hydrogen-bond donors (Lipinski definition) is 4. The Hall–Kier alpha value is -3.58. The lowest BCUT2D eigenvalue weighted by atomic mass is 9.94. The minimum absolute atomic E-state index is 0.0424. The van der Waals surface area contributed by atoms with Crippen molar-refractivity contribution in [2.24, 2.45) is 5.11 Å². The standard InChI is InChI=1S/C21H24N4O5/c22-25-24-10-4-2-1-3-9-23-20-16(28)12-18-19(21(20)29)15(27)11-17(30-18)13-5-7-14(26)8-6-13/h5-8,12,17,23,26,28-29H,1-4,9-11H2. The maximum atomic E-state index is 12.7. The van der Waals surface area contributed by atoms with Gasteiger partial charge in [-0.1, -0.05) is 30.1 Å². The number of fused-ring (bicyclic) bond motifs is 1. The third-order valence-electron chi connectivity index (χ3n) is 4.98. The zero-order valence-electron chi connectivity index (χ0n) is 16.4. The number of azide groups is 1.